The van der Waals surface area contributed by atoms with Crippen molar-refractivity contribution in [3.8, 4) is 0 Å². The van der Waals surface area contributed by atoms with Gasteiger partial charge in [0.05, 0.1) is 19.1 Å². The zero-order valence-electron chi connectivity index (χ0n) is 13.0. The number of amides is 1. The maximum atomic E-state index is 12.9. The molecule has 0 unspecified atom stereocenters. The highest BCUT2D eigenvalue weighted by molar-refractivity contribution is 5.95. The van der Waals surface area contributed by atoms with Crippen LogP contribution in [0.3, 0.4) is 0 Å². The Morgan fingerprint density at radius 2 is 1.61 bits per heavy atom. The van der Waals surface area contributed by atoms with Gasteiger partial charge in [0.25, 0.3) is 5.91 Å². The molecule has 1 aliphatic rings. The molecule has 2 aromatic carbocycles. The lowest BCUT2D eigenvalue weighted by Gasteiger charge is -2.28. The molecule has 4 heteroatoms. The number of hydrogen-bond acceptors (Lipinski definition) is 3. The van der Waals surface area contributed by atoms with Crippen molar-refractivity contribution in [2.24, 2.45) is 5.92 Å². The molecule has 2 atom stereocenters. The number of esters is 1. The second-order valence-corrected chi connectivity index (χ2v) is 5.64. The summed E-state index contributed by atoms with van der Waals surface area (Å²) in [6.45, 7) is 0.549. The van der Waals surface area contributed by atoms with E-state index in [1.807, 2.05) is 48.5 Å². The second kappa shape index (κ2) is 6.65. The smallest absolute Gasteiger partial charge is 0.311 e. The number of ether oxygens (including phenoxy) is 1. The summed E-state index contributed by atoms with van der Waals surface area (Å²) >= 11 is 0. The lowest BCUT2D eigenvalue weighted by atomic mass is 9.93. The first-order valence-corrected chi connectivity index (χ1v) is 7.71. The van der Waals surface area contributed by atoms with E-state index in [0.29, 0.717) is 18.5 Å². The van der Waals surface area contributed by atoms with Crippen molar-refractivity contribution in [3.63, 3.8) is 0 Å². The number of likely N-dealkylation sites (tertiary alicyclic amines) is 1. The molecule has 0 spiro atoms. The molecule has 118 valence electrons. The first-order valence-electron chi connectivity index (χ1n) is 7.71. The van der Waals surface area contributed by atoms with Gasteiger partial charge in [-0.25, -0.2) is 0 Å². The quantitative estimate of drug-likeness (QED) is 0.819. The highest BCUT2D eigenvalue weighted by atomic mass is 16.5. The molecule has 0 saturated carbocycles. The van der Waals surface area contributed by atoms with Crippen molar-refractivity contribution < 1.29 is 14.3 Å². The van der Waals surface area contributed by atoms with Gasteiger partial charge in [-0.1, -0.05) is 48.5 Å². The number of carbonyl (C=O) groups excluding carboxylic acids is 2. The molecule has 1 heterocycles. The van der Waals surface area contributed by atoms with E-state index in [4.69, 9.17) is 4.74 Å². The summed E-state index contributed by atoms with van der Waals surface area (Å²) in [5.74, 6) is -0.636. The van der Waals surface area contributed by atoms with Gasteiger partial charge in [-0.3, -0.25) is 9.59 Å². The van der Waals surface area contributed by atoms with Crippen molar-refractivity contribution in [3.05, 3.63) is 71.8 Å². The minimum absolute atomic E-state index is 0.0501. The van der Waals surface area contributed by atoms with Gasteiger partial charge in [-0.05, 0) is 24.1 Å². The van der Waals surface area contributed by atoms with Gasteiger partial charge in [0.15, 0.2) is 0 Å². The highest BCUT2D eigenvalue weighted by Crippen LogP contribution is 2.38. The van der Waals surface area contributed by atoms with Gasteiger partial charge in [-0.15, -0.1) is 0 Å². The molecule has 0 aromatic heterocycles. The number of methoxy groups -OCH3 is 1. The molecule has 2 aromatic rings. The number of benzene rings is 2. The Morgan fingerprint density at radius 1 is 1.00 bits per heavy atom. The zero-order valence-corrected chi connectivity index (χ0v) is 13.0. The molecular weight excluding hydrogens is 290 g/mol. The third-order valence-electron chi connectivity index (χ3n) is 4.32. The molecule has 1 amide bonds. The molecule has 0 bridgehead atoms. The largest absolute Gasteiger partial charge is 0.469 e. The van der Waals surface area contributed by atoms with Crippen LogP contribution in [-0.4, -0.2) is 30.4 Å². The fraction of sp³-hybridized carbons (Fsp3) is 0.263. The number of carbonyl (C=O) groups is 2. The van der Waals surface area contributed by atoms with Crippen LogP contribution < -0.4 is 0 Å². The van der Waals surface area contributed by atoms with Crippen LogP contribution in [0.4, 0.5) is 0 Å². The van der Waals surface area contributed by atoms with Crippen LogP contribution in [0.1, 0.15) is 28.4 Å². The van der Waals surface area contributed by atoms with Gasteiger partial charge < -0.3 is 9.64 Å². The maximum absolute atomic E-state index is 12.9. The molecule has 1 saturated heterocycles. The summed E-state index contributed by atoms with van der Waals surface area (Å²) in [7, 11) is 1.39. The van der Waals surface area contributed by atoms with Crippen LogP contribution in [0.25, 0.3) is 0 Å². The third-order valence-corrected chi connectivity index (χ3v) is 4.32. The van der Waals surface area contributed by atoms with Gasteiger partial charge in [0, 0.05) is 12.1 Å². The van der Waals surface area contributed by atoms with Crippen LogP contribution >= 0.6 is 0 Å². The Labute approximate surface area is 135 Å². The molecule has 1 aliphatic heterocycles. The van der Waals surface area contributed by atoms with E-state index in [-0.39, 0.29) is 23.8 Å². The average molecular weight is 309 g/mol. The normalized spacial score (nSPS) is 20.3. The minimum atomic E-state index is -0.324. The number of hydrogen-bond donors (Lipinski definition) is 0. The van der Waals surface area contributed by atoms with Crippen LogP contribution in [0, 0.1) is 5.92 Å². The molecule has 0 aliphatic carbocycles. The van der Waals surface area contributed by atoms with Gasteiger partial charge in [0.1, 0.15) is 0 Å². The highest BCUT2D eigenvalue weighted by Gasteiger charge is 2.42. The van der Waals surface area contributed by atoms with E-state index in [2.05, 4.69) is 0 Å². The SMILES string of the molecule is COC(=O)[C@@H]1CCN(C(=O)c2ccccc2)[C@H]1c1ccccc1. The van der Waals surface area contributed by atoms with E-state index < -0.39 is 0 Å². The first kappa shape index (κ1) is 15.3. The lowest BCUT2D eigenvalue weighted by molar-refractivity contribution is -0.146. The number of rotatable bonds is 3. The molecule has 4 nitrogen and oxygen atoms in total. The fourth-order valence-electron chi connectivity index (χ4n) is 3.23. The van der Waals surface area contributed by atoms with Gasteiger partial charge >= 0.3 is 5.97 Å². The summed E-state index contributed by atoms with van der Waals surface area (Å²) in [5.41, 5.74) is 1.60. The van der Waals surface area contributed by atoms with E-state index in [1.54, 1.807) is 17.0 Å². The van der Waals surface area contributed by atoms with Crippen LogP contribution in [-0.2, 0) is 9.53 Å². The van der Waals surface area contributed by atoms with Crippen molar-refractivity contribution in [1.29, 1.82) is 0 Å². The van der Waals surface area contributed by atoms with E-state index >= 15 is 0 Å². The second-order valence-electron chi connectivity index (χ2n) is 5.64. The first-order chi connectivity index (χ1) is 11.2. The topological polar surface area (TPSA) is 46.6 Å². The van der Waals surface area contributed by atoms with Gasteiger partial charge in [0.2, 0.25) is 0 Å². The standard InChI is InChI=1S/C19H19NO3/c1-23-19(22)16-12-13-20(17(16)14-8-4-2-5-9-14)18(21)15-10-6-3-7-11-15/h2-11,16-17H,12-13H2,1H3/t16-,17+/m1/s1. The average Bonchev–Trinajstić information content (AvgIpc) is 3.07. The van der Waals surface area contributed by atoms with Crippen molar-refractivity contribution >= 4 is 11.9 Å². The molecule has 0 radical (unpaired) electrons. The predicted molar refractivity (Wildman–Crippen MR) is 86.8 cm³/mol. The number of nitrogens with zero attached hydrogens (tertiary/aromatic N) is 1. The monoisotopic (exact) mass is 309 g/mol. The van der Waals surface area contributed by atoms with E-state index in [1.165, 1.54) is 7.11 Å². The Morgan fingerprint density at radius 3 is 2.22 bits per heavy atom. The zero-order chi connectivity index (χ0) is 16.2. The van der Waals surface area contributed by atoms with Gasteiger partial charge in [-0.2, -0.15) is 0 Å². The summed E-state index contributed by atoms with van der Waals surface area (Å²) < 4.78 is 4.94. The Balaban J connectivity index is 1.96. The maximum Gasteiger partial charge on any atom is 0.311 e. The summed E-state index contributed by atoms with van der Waals surface area (Å²) in [6, 6.07) is 18.6. The van der Waals surface area contributed by atoms with E-state index in [9.17, 15) is 9.59 Å². The Kier molecular flexibility index (Phi) is 4.42. The minimum Gasteiger partial charge on any atom is -0.469 e. The Hall–Kier alpha value is -2.62. The fourth-order valence-corrected chi connectivity index (χ4v) is 3.23. The Bertz CT molecular complexity index is 684. The van der Waals surface area contributed by atoms with Crippen LogP contribution in [0.2, 0.25) is 0 Å². The summed E-state index contributed by atoms with van der Waals surface area (Å²) in [5, 5.41) is 0. The molecule has 0 N–H and O–H groups in total. The van der Waals surface area contributed by atoms with Crippen LogP contribution in [0.15, 0.2) is 60.7 Å². The molecular formula is C19H19NO3. The van der Waals surface area contributed by atoms with Crippen molar-refractivity contribution in [2.75, 3.05) is 13.7 Å². The molecule has 23 heavy (non-hydrogen) atoms. The van der Waals surface area contributed by atoms with Crippen LogP contribution in [0.5, 0.6) is 0 Å². The molecule has 3 rings (SSSR count). The third kappa shape index (κ3) is 2.97. The predicted octanol–water partition coefficient (Wildman–Crippen LogP) is 3.06. The lowest BCUT2D eigenvalue weighted by Crippen LogP contribution is -2.34. The summed E-state index contributed by atoms with van der Waals surface area (Å²) in [6.07, 6.45) is 0.616. The van der Waals surface area contributed by atoms with Crippen molar-refractivity contribution in [1.82, 2.24) is 4.90 Å². The summed E-state index contributed by atoms with van der Waals surface area (Å²) in [4.78, 5) is 26.8. The van der Waals surface area contributed by atoms with E-state index in [0.717, 1.165) is 5.56 Å². The van der Waals surface area contributed by atoms with Crippen molar-refractivity contribution in [2.45, 2.75) is 12.5 Å². The molecule has 1 fully saturated rings.